The van der Waals surface area contributed by atoms with E-state index in [2.05, 4.69) is 0 Å². The molecule has 0 saturated carbocycles. The summed E-state index contributed by atoms with van der Waals surface area (Å²) < 4.78 is 28.5. The van der Waals surface area contributed by atoms with Crippen molar-refractivity contribution in [1.29, 1.82) is 0 Å². The fourth-order valence-corrected chi connectivity index (χ4v) is 2.19. The van der Waals surface area contributed by atoms with E-state index < -0.39 is 10.1 Å². The van der Waals surface area contributed by atoms with Crippen molar-refractivity contribution in [2.24, 2.45) is 0 Å². The molecule has 0 fully saturated rings. The molecule has 0 bridgehead atoms. The molecule has 0 atom stereocenters. The zero-order valence-electron chi connectivity index (χ0n) is 8.85. The van der Waals surface area contributed by atoms with Gasteiger partial charge < -0.3 is 4.18 Å². The molecule has 0 amide bonds. The van der Waals surface area contributed by atoms with E-state index in [4.69, 9.17) is 4.18 Å². The molecule has 0 aromatic heterocycles. The zero-order valence-corrected chi connectivity index (χ0v) is 13.1. The van der Waals surface area contributed by atoms with E-state index in [1.54, 1.807) is 48.5 Å². The van der Waals surface area contributed by atoms with E-state index in [9.17, 15) is 8.42 Å². The van der Waals surface area contributed by atoms with Crippen LogP contribution >= 0.6 is 0 Å². The Morgan fingerprint density at radius 2 is 1.24 bits per heavy atom. The second-order valence-corrected chi connectivity index (χ2v) is 4.71. The van der Waals surface area contributed by atoms with E-state index in [0.717, 1.165) is 0 Å². The number of hydrogen-bond donors (Lipinski definition) is 0. The van der Waals surface area contributed by atoms with E-state index in [-0.39, 0.29) is 31.1 Å². The maximum absolute atomic E-state index is 11.8. The monoisotopic (exact) mass is 443 g/mol. The maximum atomic E-state index is 11.8. The van der Waals surface area contributed by atoms with Crippen molar-refractivity contribution in [3.63, 3.8) is 0 Å². The molecule has 2 aromatic rings. The van der Waals surface area contributed by atoms with Gasteiger partial charge in [0.1, 0.15) is 10.6 Å². The van der Waals surface area contributed by atoms with E-state index >= 15 is 0 Å². The largest absolute Gasteiger partial charge is 0.379 e. The summed E-state index contributed by atoms with van der Waals surface area (Å²) >= 11 is 0. The first kappa shape index (κ1) is 14.1. The number of benzene rings is 2. The van der Waals surface area contributed by atoms with Gasteiger partial charge >= 0.3 is 10.1 Å². The van der Waals surface area contributed by atoms with Gasteiger partial charge in [0.2, 0.25) is 0 Å². The Morgan fingerprint density at radius 3 is 1.76 bits per heavy atom. The second kappa shape index (κ2) is 6.13. The van der Waals surface area contributed by atoms with E-state index in [1.165, 1.54) is 12.1 Å². The van der Waals surface area contributed by atoms with Crippen LogP contribution in [0.4, 0.5) is 0 Å². The SMILES string of the molecule is O=S(=O)(Oc1ccccc1)c1ccccc1.[Bi]. The second-order valence-electron chi connectivity index (χ2n) is 3.16. The number of rotatable bonds is 3. The van der Waals surface area contributed by atoms with Gasteiger partial charge in [0.15, 0.2) is 0 Å². The third-order valence-electron chi connectivity index (χ3n) is 1.98. The summed E-state index contributed by atoms with van der Waals surface area (Å²) in [6.07, 6.45) is 0. The molecule has 0 unspecified atom stereocenters. The molecule has 5 heteroatoms. The van der Waals surface area contributed by atoms with Gasteiger partial charge in [-0.3, -0.25) is 0 Å². The molecule has 3 radical (unpaired) electrons. The average molecular weight is 443 g/mol. The standard InChI is InChI=1S/C12H10O3S.Bi/c13-16(14,12-9-5-2-6-10-12)15-11-7-3-1-4-8-11;/h1-10H;. The predicted molar refractivity (Wildman–Crippen MR) is 66.5 cm³/mol. The van der Waals surface area contributed by atoms with Gasteiger partial charge in [0.05, 0.1) is 0 Å². The molecular formula is C12H10BiO3S. The quantitative estimate of drug-likeness (QED) is 0.539. The molecule has 0 aliphatic rings. The molecule has 0 aliphatic heterocycles. The first-order chi connectivity index (χ1) is 7.68. The molecule has 2 aromatic carbocycles. The van der Waals surface area contributed by atoms with Gasteiger partial charge in [-0.2, -0.15) is 8.42 Å². The summed E-state index contributed by atoms with van der Waals surface area (Å²) in [7, 11) is -3.71. The van der Waals surface area contributed by atoms with Crippen LogP contribution in [-0.4, -0.2) is 34.6 Å². The van der Waals surface area contributed by atoms with Crippen molar-refractivity contribution in [3.8, 4) is 5.75 Å². The van der Waals surface area contributed by atoms with Gasteiger partial charge in [-0.25, -0.2) is 0 Å². The van der Waals surface area contributed by atoms with Gasteiger partial charge in [-0.05, 0) is 24.3 Å². The predicted octanol–water partition coefficient (Wildman–Crippen LogP) is 2.07. The molecule has 0 aliphatic carbocycles. The number of hydrogen-bond acceptors (Lipinski definition) is 3. The average Bonchev–Trinajstić information content (AvgIpc) is 2.31. The Balaban J connectivity index is 0.00000144. The van der Waals surface area contributed by atoms with Crippen LogP contribution in [0.15, 0.2) is 65.6 Å². The minimum Gasteiger partial charge on any atom is -0.379 e. The van der Waals surface area contributed by atoms with Crippen LogP contribution in [-0.2, 0) is 10.1 Å². The molecule has 0 heterocycles. The first-order valence-corrected chi connectivity index (χ1v) is 6.14. The topological polar surface area (TPSA) is 43.4 Å². The van der Waals surface area contributed by atoms with E-state index in [1.807, 2.05) is 0 Å². The van der Waals surface area contributed by atoms with Crippen molar-refractivity contribution in [3.05, 3.63) is 60.7 Å². The van der Waals surface area contributed by atoms with Crippen LogP contribution in [0.3, 0.4) is 0 Å². The van der Waals surface area contributed by atoms with Gasteiger partial charge in [0, 0.05) is 26.2 Å². The zero-order chi connectivity index (χ0) is 11.4. The molecule has 0 N–H and O–H groups in total. The molecule has 87 valence electrons. The van der Waals surface area contributed by atoms with Crippen molar-refractivity contribution in [2.45, 2.75) is 4.90 Å². The van der Waals surface area contributed by atoms with Crippen LogP contribution in [0.5, 0.6) is 5.75 Å². The van der Waals surface area contributed by atoms with Gasteiger partial charge in [-0.1, -0.05) is 36.4 Å². The molecular weight excluding hydrogens is 433 g/mol. The Bertz CT molecular complexity index is 553. The minimum atomic E-state index is -3.71. The van der Waals surface area contributed by atoms with Crippen LogP contribution in [0.2, 0.25) is 0 Å². The summed E-state index contributed by atoms with van der Waals surface area (Å²) in [5.74, 6) is 0.311. The van der Waals surface area contributed by atoms with Crippen molar-refractivity contribution >= 4 is 36.3 Å². The summed E-state index contributed by atoms with van der Waals surface area (Å²) in [6, 6.07) is 16.5. The minimum absolute atomic E-state index is 0. The Kier molecular flexibility index (Phi) is 5.09. The smallest absolute Gasteiger partial charge is 0.339 e. The molecule has 0 saturated heterocycles. The first-order valence-electron chi connectivity index (χ1n) is 4.73. The van der Waals surface area contributed by atoms with Crippen molar-refractivity contribution < 1.29 is 12.6 Å². The summed E-state index contributed by atoms with van der Waals surface area (Å²) in [5, 5.41) is 0. The molecule has 3 nitrogen and oxygen atoms in total. The fourth-order valence-electron chi connectivity index (χ4n) is 1.24. The molecule has 2 rings (SSSR count). The summed E-state index contributed by atoms with van der Waals surface area (Å²) in [6.45, 7) is 0. The van der Waals surface area contributed by atoms with Crippen LogP contribution < -0.4 is 4.18 Å². The van der Waals surface area contributed by atoms with Crippen LogP contribution in [0, 0.1) is 0 Å². The normalized spacial score (nSPS) is 10.4. The summed E-state index contributed by atoms with van der Waals surface area (Å²) in [5.41, 5.74) is 0. The van der Waals surface area contributed by atoms with Crippen molar-refractivity contribution in [1.82, 2.24) is 0 Å². The Hall–Kier alpha value is -0.927. The fraction of sp³-hybridized carbons (Fsp3) is 0. The maximum Gasteiger partial charge on any atom is 0.339 e. The Morgan fingerprint density at radius 1 is 0.765 bits per heavy atom. The summed E-state index contributed by atoms with van der Waals surface area (Å²) in [4.78, 5) is 0.152. The molecule has 17 heavy (non-hydrogen) atoms. The third kappa shape index (κ3) is 3.79. The Labute approximate surface area is 120 Å². The van der Waals surface area contributed by atoms with Crippen LogP contribution in [0.25, 0.3) is 0 Å². The number of para-hydroxylation sites is 1. The van der Waals surface area contributed by atoms with E-state index in [0.29, 0.717) is 5.75 Å². The van der Waals surface area contributed by atoms with Crippen molar-refractivity contribution in [2.75, 3.05) is 0 Å². The third-order valence-corrected chi connectivity index (χ3v) is 3.24. The van der Waals surface area contributed by atoms with Crippen LogP contribution in [0.1, 0.15) is 0 Å². The van der Waals surface area contributed by atoms with Gasteiger partial charge in [0.25, 0.3) is 0 Å². The molecule has 0 spiro atoms. The van der Waals surface area contributed by atoms with Gasteiger partial charge in [-0.15, -0.1) is 0 Å².